The predicted molar refractivity (Wildman–Crippen MR) is 129 cm³/mol. The molecule has 0 aliphatic rings. The molecular formula is C24H21Cl2N5. The number of halogens is 2. The first-order valence-corrected chi connectivity index (χ1v) is 10.5. The minimum absolute atomic E-state index is 0.453. The summed E-state index contributed by atoms with van der Waals surface area (Å²) in [5.41, 5.74) is 10.0. The Morgan fingerprint density at radius 2 is 1.39 bits per heavy atom. The molecule has 3 aromatic carbocycles. The second-order valence-electron chi connectivity index (χ2n) is 7.04. The fourth-order valence-corrected chi connectivity index (χ4v) is 3.56. The number of nitrogen functional groups attached to an aromatic ring is 1. The van der Waals surface area contributed by atoms with Crippen LogP contribution >= 0.6 is 23.2 Å². The molecule has 0 spiro atoms. The predicted octanol–water partition coefficient (Wildman–Crippen LogP) is 6.32. The van der Waals surface area contributed by atoms with Gasteiger partial charge in [0.25, 0.3) is 0 Å². The summed E-state index contributed by atoms with van der Waals surface area (Å²) in [7, 11) is 0. The fourth-order valence-electron chi connectivity index (χ4n) is 3.26. The smallest absolute Gasteiger partial charge is 0.159 e. The Morgan fingerprint density at radius 1 is 0.774 bits per heavy atom. The van der Waals surface area contributed by atoms with E-state index in [1.807, 2.05) is 42.5 Å². The van der Waals surface area contributed by atoms with Gasteiger partial charge in [0.1, 0.15) is 12.0 Å². The molecule has 1 heterocycles. The Kier molecular flexibility index (Phi) is 6.55. The van der Waals surface area contributed by atoms with E-state index in [1.165, 1.54) is 6.33 Å². The highest BCUT2D eigenvalue weighted by molar-refractivity contribution is 6.42. The summed E-state index contributed by atoms with van der Waals surface area (Å²) in [5, 5.41) is 4.16. The van der Waals surface area contributed by atoms with Gasteiger partial charge in [0.15, 0.2) is 11.6 Å². The van der Waals surface area contributed by atoms with Gasteiger partial charge in [-0.3, -0.25) is 0 Å². The number of hydrogen-bond acceptors (Lipinski definition) is 5. The topological polar surface area (TPSA) is 67.1 Å². The van der Waals surface area contributed by atoms with Crippen molar-refractivity contribution in [1.29, 1.82) is 0 Å². The minimum atomic E-state index is 0.453. The van der Waals surface area contributed by atoms with E-state index in [0.29, 0.717) is 40.5 Å². The maximum absolute atomic E-state index is 6.52. The molecule has 7 heteroatoms. The van der Waals surface area contributed by atoms with Crippen molar-refractivity contribution in [3.05, 3.63) is 106 Å². The molecule has 0 atom stereocenters. The van der Waals surface area contributed by atoms with Gasteiger partial charge in [0.05, 0.1) is 10.0 Å². The van der Waals surface area contributed by atoms with Gasteiger partial charge in [-0.15, -0.1) is 0 Å². The van der Waals surface area contributed by atoms with E-state index in [-0.39, 0.29) is 0 Å². The van der Waals surface area contributed by atoms with Crippen LogP contribution in [0.25, 0.3) is 0 Å². The van der Waals surface area contributed by atoms with Crippen molar-refractivity contribution >= 4 is 46.2 Å². The molecule has 0 aliphatic heterocycles. The highest BCUT2D eigenvalue weighted by atomic mass is 35.5. The zero-order valence-electron chi connectivity index (χ0n) is 16.7. The number of rotatable bonds is 7. The summed E-state index contributed by atoms with van der Waals surface area (Å²) >= 11 is 12.2. The van der Waals surface area contributed by atoms with Crippen molar-refractivity contribution < 1.29 is 0 Å². The lowest BCUT2D eigenvalue weighted by molar-refractivity contribution is 0.782. The quantitative estimate of drug-likeness (QED) is 0.345. The Balaban J connectivity index is 1.66. The van der Waals surface area contributed by atoms with Gasteiger partial charge in [-0.05, 0) is 29.3 Å². The third-order valence-corrected chi connectivity index (χ3v) is 5.52. The summed E-state index contributed by atoms with van der Waals surface area (Å²) in [6.45, 7) is 1.31. The maximum atomic E-state index is 6.52. The van der Waals surface area contributed by atoms with E-state index in [9.17, 15) is 0 Å². The molecule has 5 nitrogen and oxygen atoms in total. The first-order chi connectivity index (χ1) is 15.1. The Labute approximate surface area is 191 Å². The van der Waals surface area contributed by atoms with Crippen LogP contribution in [-0.2, 0) is 13.1 Å². The van der Waals surface area contributed by atoms with Crippen molar-refractivity contribution in [3.8, 4) is 0 Å². The number of benzene rings is 3. The van der Waals surface area contributed by atoms with Gasteiger partial charge >= 0.3 is 0 Å². The number of aromatic nitrogens is 2. The number of anilines is 4. The molecule has 0 radical (unpaired) electrons. The van der Waals surface area contributed by atoms with Gasteiger partial charge in [-0.2, -0.15) is 0 Å². The fraction of sp³-hybridized carbons (Fsp3) is 0.0833. The molecular weight excluding hydrogens is 429 g/mol. The average molecular weight is 450 g/mol. The van der Waals surface area contributed by atoms with Gasteiger partial charge in [0, 0.05) is 18.8 Å². The normalized spacial score (nSPS) is 10.6. The molecule has 0 saturated heterocycles. The van der Waals surface area contributed by atoms with Crippen LogP contribution in [0.2, 0.25) is 10.0 Å². The van der Waals surface area contributed by atoms with Crippen LogP contribution in [0.3, 0.4) is 0 Å². The molecule has 156 valence electrons. The van der Waals surface area contributed by atoms with Crippen LogP contribution < -0.4 is 16.0 Å². The van der Waals surface area contributed by atoms with E-state index in [0.717, 1.165) is 16.8 Å². The number of hydrogen-bond donors (Lipinski definition) is 2. The summed E-state index contributed by atoms with van der Waals surface area (Å²) in [6.07, 6.45) is 1.51. The molecule has 0 bridgehead atoms. The molecule has 0 aliphatic carbocycles. The van der Waals surface area contributed by atoms with Crippen LogP contribution in [0, 0.1) is 0 Å². The van der Waals surface area contributed by atoms with E-state index in [2.05, 4.69) is 44.5 Å². The summed E-state index contributed by atoms with van der Waals surface area (Å²) in [6, 6.07) is 25.7. The molecule has 0 fully saturated rings. The molecule has 31 heavy (non-hydrogen) atoms. The summed E-state index contributed by atoms with van der Waals surface area (Å²) in [5.74, 6) is 1.17. The lowest BCUT2D eigenvalue weighted by atomic mass is 10.1. The van der Waals surface area contributed by atoms with E-state index in [4.69, 9.17) is 28.9 Å². The van der Waals surface area contributed by atoms with Crippen LogP contribution in [-0.4, -0.2) is 9.97 Å². The molecule has 0 amide bonds. The molecule has 3 N–H and O–H groups in total. The number of nitrogens with one attached hydrogen (secondary N) is 1. The highest BCUT2D eigenvalue weighted by Gasteiger charge is 2.17. The van der Waals surface area contributed by atoms with E-state index in [1.54, 1.807) is 12.1 Å². The van der Waals surface area contributed by atoms with Crippen molar-refractivity contribution in [2.24, 2.45) is 0 Å². The van der Waals surface area contributed by atoms with Gasteiger partial charge in [-0.1, -0.05) is 83.9 Å². The van der Waals surface area contributed by atoms with Crippen LogP contribution in [0.15, 0.2) is 85.2 Å². The zero-order chi connectivity index (χ0) is 21.6. The monoisotopic (exact) mass is 449 g/mol. The van der Waals surface area contributed by atoms with Crippen LogP contribution in [0.4, 0.5) is 23.0 Å². The third-order valence-electron chi connectivity index (χ3n) is 4.78. The van der Waals surface area contributed by atoms with Gasteiger partial charge in [-0.25, -0.2) is 9.97 Å². The second-order valence-corrected chi connectivity index (χ2v) is 7.86. The number of nitrogens with zero attached hydrogens (tertiary/aromatic N) is 3. The SMILES string of the molecule is Nc1c(Nc2ccc(Cl)c(Cl)c2)ncnc1N(Cc1ccccc1)Cc1ccccc1. The third kappa shape index (κ3) is 5.26. The Hall–Kier alpha value is -3.28. The average Bonchev–Trinajstić information content (AvgIpc) is 2.79. The molecule has 0 saturated carbocycles. The van der Waals surface area contributed by atoms with Crippen molar-refractivity contribution in [2.45, 2.75) is 13.1 Å². The number of nitrogens with two attached hydrogens (primary N) is 1. The Bertz CT molecular complexity index is 1110. The second kappa shape index (κ2) is 9.69. The first kappa shape index (κ1) is 21.0. The van der Waals surface area contributed by atoms with Gasteiger partial charge < -0.3 is 16.0 Å². The van der Waals surface area contributed by atoms with Crippen molar-refractivity contribution in [1.82, 2.24) is 9.97 Å². The maximum Gasteiger partial charge on any atom is 0.159 e. The highest BCUT2D eigenvalue weighted by Crippen LogP contribution is 2.32. The van der Waals surface area contributed by atoms with Crippen LogP contribution in [0.5, 0.6) is 0 Å². The standard InChI is InChI=1S/C24H21Cl2N5/c25-20-12-11-19(13-21(20)26)30-23-22(27)24(29-16-28-23)31(14-17-7-3-1-4-8-17)15-18-9-5-2-6-10-18/h1-13,16H,14-15,27H2,(H,28,29,30). The lowest BCUT2D eigenvalue weighted by Crippen LogP contribution is -2.24. The summed E-state index contributed by atoms with van der Waals surface area (Å²) in [4.78, 5) is 11.0. The summed E-state index contributed by atoms with van der Waals surface area (Å²) < 4.78 is 0. The van der Waals surface area contributed by atoms with E-state index < -0.39 is 0 Å². The zero-order valence-corrected chi connectivity index (χ0v) is 18.2. The minimum Gasteiger partial charge on any atom is -0.393 e. The van der Waals surface area contributed by atoms with Crippen molar-refractivity contribution in [3.63, 3.8) is 0 Å². The van der Waals surface area contributed by atoms with E-state index >= 15 is 0 Å². The van der Waals surface area contributed by atoms with Crippen LogP contribution in [0.1, 0.15) is 11.1 Å². The molecule has 4 rings (SSSR count). The molecule has 0 unspecified atom stereocenters. The molecule has 4 aromatic rings. The largest absolute Gasteiger partial charge is 0.393 e. The Morgan fingerprint density at radius 3 is 1.97 bits per heavy atom. The molecule has 1 aromatic heterocycles. The van der Waals surface area contributed by atoms with Crippen molar-refractivity contribution in [2.75, 3.05) is 16.0 Å². The lowest BCUT2D eigenvalue weighted by Gasteiger charge is -2.26. The first-order valence-electron chi connectivity index (χ1n) is 9.75. The van der Waals surface area contributed by atoms with Gasteiger partial charge in [0.2, 0.25) is 0 Å².